The summed E-state index contributed by atoms with van der Waals surface area (Å²) in [6.45, 7) is 9.96. The van der Waals surface area contributed by atoms with E-state index in [4.69, 9.17) is 0 Å². The molecule has 1 heterocycles. The Morgan fingerprint density at radius 2 is 1.79 bits per heavy atom. The first-order chi connectivity index (χ1) is 13.2. The van der Waals surface area contributed by atoms with Crippen LogP contribution in [0.25, 0.3) is 0 Å². The van der Waals surface area contributed by atoms with E-state index in [9.17, 15) is 10.1 Å². The summed E-state index contributed by atoms with van der Waals surface area (Å²) in [6, 6.07) is 10.8. The van der Waals surface area contributed by atoms with Crippen LogP contribution in [0.3, 0.4) is 0 Å². The van der Waals surface area contributed by atoms with Gasteiger partial charge in [0.2, 0.25) is 5.91 Å². The van der Waals surface area contributed by atoms with Crippen molar-refractivity contribution in [3.8, 4) is 6.07 Å². The minimum atomic E-state index is -0.856. The maximum absolute atomic E-state index is 12.2. The van der Waals surface area contributed by atoms with Crippen molar-refractivity contribution >= 4 is 40.8 Å². The molecule has 2 aromatic rings. The second kappa shape index (κ2) is 10.3. The summed E-state index contributed by atoms with van der Waals surface area (Å²) in [5, 5.41) is 20.5. The fourth-order valence-electron chi connectivity index (χ4n) is 2.21. The van der Waals surface area contributed by atoms with Gasteiger partial charge in [-0.15, -0.1) is 10.2 Å². The second-order valence-corrected chi connectivity index (χ2v) is 10.7. The van der Waals surface area contributed by atoms with Crippen LogP contribution in [-0.2, 0) is 10.5 Å². The molecule has 1 unspecified atom stereocenters. The number of hydrogen-bond donors (Lipinski definition) is 1. The first-order valence-corrected chi connectivity index (χ1v) is 11.9. The fraction of sp³-hybridized carbons (Fsp3) is 0.500. The van der Waals surface area contributed by atoms with Crippen LogP contribution in [0.2, 0.25) is 0 Å². The van der Waals surface area contributed by atoms with Gasteiger partial charge in [0.1, 0.15) is 5.54 Å². The van der Waals surface area contributed by atoms with Crippen LogP contribution in [0.1, 0.15) is 51.7 Å². The molecule has 0 saturated carbocycles. The summed E-state index contributed by atoms with van der Waals surface area (Å²) in [4.78, 5) is 12.2. The molecule has 1 N–H and O–H groups in total. The zero-order valence-electron chi connectivity index (χ0n) is 16.9. The number of carbonyl (C=O) groups is 1. The Hall–Kier alpha value is -1.56. The number of nitriles is 1. The van der Waals surface area contributed by atoms with Crippen LogP contribution in [0.15, 0.2) is 32.9 Å². The van der Waals surface area contributed by atoms with E-state index in [0.29, 0.717) is 5.92 Å². The molecule has 1 aromatic heterocycles. The Morgan fingerprint density at radius 3 is 2.32 bits per heavy atom. The van der Waals surface area contributed by atoms with Gasteiger partial charge in [-0.25, -0.2) is 0 Å². The van der Waals surface area contributed by atoms with E-state index in [1.807, 2.05) is 13.8 Å². The van der Waals surface area contributed by atoms with Gasteiger partial charge in [-0.2, -0.15) is 5.26 Å². The van der Waals surface area contributed by atoms with E-state index in [1.54, 1.807) is 18.7 Å². The lowest BCUT2D eigenvalue weighted by molar-refractivity contribution is -0.120. The highest BCUT2D eigenvalue weighted by molar-refractivity contribution is 8.03. The van der Waals surface area contributed by atoms with Gasteiger partial charge in [0, 0.05) is 5.75 Å². The maximum Gasteiger partial charge on any atom is 0.231 e. The quantitative estimate of drug-likeness (QED) is 0.553. The van der Waals surface area contributed by atoms with Crippen molar-refractivity contribution in [2.24, 2.45) is 5.92 Å². The first kappa shape index (κ1) is 22.7. The first-order valence-electron chi connectivity index (χ1n) is 9.13. The smallest absolute Gasteiger partial charge is 0.231 e. The molecule has 2 rings (SSSR count). The number of thioether (sulfide) groups is 2. The number of hydrogen-bond acceptors (Lipinski definition) is 7. The number of nitrogens with zero attached hydrogens (tertiary/aromatic N) is 3. The SMILES string of the molecule is CC(C)c1ccc(CSc2nnc(SCC(=O)NC(C)(C#N)C(C)C)s2)cc1. The highest BCUT2D eigenvalue weighted by atomic mass is 32.2. The minimum Gasteiger partial charge on any atom is -0.337 e. The maximum atomic E-state index is 12.2. The zero-order valence-corrected chi connectivity index (χ0v) is 19.3. The number of nitrogens with one attached hydrogen (secondary N) is 1. The molecule has 0 aliphatic heterocycles. The van der Waals surface area contributed by atoms with Gasteiger partial charge in [-0.3, -0.25) is 4.79 Å². The van der Waals surface area contributed by atoms with E-state index in [0.717, 1.165) is 14.4 Å². The van der Waals surface area contributed by atoms with Crippen molar-refractivity contribution in [3.63, 3.8) is 0 Å². The van der Waals surface area contributed by atoms with Crippen LogP contribution in [0, 0.1) is 17.2 Å². The predicted molar refractivity (Wildman–Crippen MR) is 118 cm³/mol. The Labute approximate surface area is 179 Å². The molecule has 5 nitrogen and oxygen atoms in total. The predicted octanol–water partition coefficient (Wildman–Crippen LogP) is 5.10. The summed E-state index contributed by atoms with van der Waals surface area (Å²) < 4.78 is 1.65. The molecule has 1 amide bonds. The Kier molecular flexibility index (Phi) is 8.35. The number of carbonyl (C=O) groups excluding carboxylic acids is 1. The van der Waals surface area contributed by atoms with Crippen LogP contribution < -0.4 is 5.32 Å². The molecule has 0 aliphatic rings. The third kappa shape index (κ3) is 6.50. The van der Waals surface area contributed by atoms with Gasteiger partial charge in [-0.05, 0) is 29.9 Å². The van der Waals surface area contributed by atoms with Gasteiger partial charge < -0.3 is 5.32 Å². The Balaban J connectivity index is 1.82. The highest BCUT2D eigenvalue weighted by Gasteiger charge is 2.29. The summed E-state index contributed by atoms with van der Waals surface area (Å²) in [5.41, 5.74) is 1.74. The average molecular weight is 435 g/mol. The molecular weight excluding hydrogens is 408 g/mol. The van der Waals surface area contributed by atoms with Gasteiger partial charge in [-0.1, -0.05) is 86.8 Å². The van der Waals surface area contributed by atoms with Crippen molar-refractivity contribution in [1.82, 2.24) is 15.5 Å². The summed E-state index contributed by atoms with van der Waals surface area (Å²) >= 11 is 4.49. The van der Waals surface area contributed by atoms with Gasteiger partial charge >= 0.3 is 0 Å². The lowest BCUT2D eigenvalue weighted by Crippen LogP contribution is -2.49. The van der Waals surface area contributed by atoms with Crippen molar-refractivity contribution in [2.45, 2.75) is 60.5 Å². The van der Waals surface area contributed by atoms with E-state index < -0.39 is 5.54 Å². The Morgan fingerprint density at radius 1 is 1.18 bits per heavy atom. The Bertz CT molecular complexity index is 827. The monoisotopic (exact) mass is 434 g/mol. The van der Waals surface area contributed by atoms with Crippen molar-refractivity contribution in [3.05, 3.63) is 35.4 Å². The van der Waals surface area contributed by atoms with Crippen molar-refractivity contribution in [1.29, 1.82) is 5.26 Å². The van der Waals surface area contributed by atoms with Crippen LogP contribution >= 0.6 is 34.9 Å². The largest absolute Gasteiger partial charge is 0.337 e. The van der Waals surface area contributed by atoms with Crippen molar-refractivity contribution < 1.29 is 4.79 Å². The van der Waals surface area contributed by atoms with E-state index >= 15 is 0 Å². The molecule has 0 bridgehead atoms. The third-order valence-electron chi connectivity index (χ3n) is 4.51. The molecule has 1 aromatic carbocycles. The van der Waals surface area contributed by atoms with Crippen LogP contribution in [0.5, 0.6) is 0 Å². The minimum absolute atomic E-state index is 0.0329. The average Bonchev–Trinajstić information content (AvgIpc) is 3.12. The molecule has 28 heavy (non-hydrogen) atoms. The molecule has 0 radical (unpaired) electrons. The molecule has 0 spiro atoms. The molecule has 0 saturated heterocycles. The lowest BCUT2D eigenvalue weighted by Gasteiger charge is -2.27. The van der Waals surface area contributed by atoms with Gasteiger partial charge in [0.25, 0.3) is 0 Å². The zero-order chi connectivity index (χ0) is 20.7. The fourth-order valence-corrected chi connectivity index (χ4v) is 4.99. The third-order valence-corrected chi connectivity index (χ3v) is 7.77. The molecule has 8 heteroatoms. The molecular formula is C20H26N4OS3. The topological polar surface area (TPSA) is 78.7 Å². The van der Waals surface area contributed by atoms with E-state index in [2.05, 4.69) is 59.7 Å². The number of aromatic nitrogens is 2. The second-order valence-electron chi connectivity index (χ2n) is 7.32. The van der Waals surface area contributed by atoms with E-state index in [1.165, 1.54) is 34.2 Å². The standard InChI is InChI=1S/C20H26N4OS3/c1-13(2)16-8-6-15(7-9-16)10-26-18-23-24-19(28-18)27-11-17(25)22-20(5,12-21)14(3)4/h6-9,13-14H,10-11H2,1-5H3,(H,22,25). The van der Waals surface area contributed by atoms with Crippen molar-refractivity contribution in [2.75, 3.05) is 5.75 Å². The highest BCUT2D eigenvalue weighted by Crippen LogP contribution is 2.31. The molecule has 0 fully saturated rings. The molecule has 150 valence electrons. The molecule has 0 aliphatic carbocycles. The molecule has 1 atom stereocenters. The number of rotatable bonds is 9. The summed E-state index contributed by atoms with van der Waals surface area (Å²) in [6.07, 6.45) is 0. The van der Waals surface area contributed by atoms with Crippen LogP contribution in [-0.4, -0.2) is 27.4 Å². The van der Waals surface area contributed by atoms with E-state index in [-0.39, 0.29) is 17.6 Å². The van der Waals surface area contributed by atoms with Crippen LogP contribution in [0.4, 0.5) is 0 Å². The number of amides is 1. The normalized spacial score (nSPS) is 13.4. The summed E-state index contributed by atoms with van der Waals surface area (Å²) in [7, 11) is 0. The van der Waals surface area contributed by atoms with Gasteiger partial charge in [0.05, 0.1) is 11.8 Å². The summed E-state index contributed by atoms with van der Waals surface area (Å²) in [5.74, 6) is 1.46. The van der Waals surface area contributed by atoms with Gasteiger partial charge in [0.15, 0.2) is 8.68 Å². The number of benzene rings is 1. The lowest BCUT2D eigenvalue weighted by atomic mass is 9.90.